The van der Waals surface area contributed by atoms with Gasteiger partial charge >= 0.3 is 5.97 Å². The van der Waals surface area contributed by atoms with E-state index in [1.165, 1.54) is 13.2 Å². The number of carbonyl (C=O) groups excluding carboxylic acids is 3. The Labute approximate surface area is 152 Å². The van der Waals surface area contributed by atoms with E-state index in [-0.39, 0.29) is 11.1 Å². The van der Waals surface area contributed by atoms with Crippen LogP contribution in [-0.4, -0.2) is 58.5 Å². The minimum absolute atomic E-state index is 0.150. The van der Waals surface area contributed by atoms with Crippen molar-refractivity contribution in [3.05, 3.63) is 41.5 Å². The molecular formula is C19H14O8. The molecule has 0 unspecified atom stereocenters. The van der Waals surface area contributed by atoms with Crippen LogP contribution in [0.4, 0.5) is 0 Å². The number of ketones is 2. The largest absolute Gasteiger partial charge is 0.507 e. The van der Waals surface area contributed by atoms with Crippen molar-refractivity contribution >= 4 is 28.3 Å². The summed E-state index contributed by atoms with van der Waals surface area (Å²) in [5.74, 6) is -5.00. The number of rotatable bonds is 1. The Hall–Kier alpha value is -2.81. The maximum atomic E-state index is 13.5. The van der Waals surface area contributed by atoms with E-state index in [2.05, 4.69) is 0 Å². The summed E-state index contributed by atoms with van der Waals surface area (Å²) in [6.07, 6.45) is -0.464. The van der Waals surface area contributed by atoms with E-state index < -0.39 is 53.3 Å². The smallest absolute Gasteiger partial charge is 0.312 e. The number of benzene rings is 2. The normalized spacial score (nSPS) is 34.4. The number of hydrogen-bond acceptors (Lipinski definition) is 8. The van der Waals surface area contributed by atoms with Crippen LogP contribution in [0.2, 0.25) is 0 Å². The second kappa shape index (κ2) is 4.72. The molecule has 138 valence electrons. The molecule has 0 amide bonds. The highest BCUT2D eigenvalue weighted by atomic mass is 16.8. The van der Waals surface area contributed by atoms with Crippen molar-refractivity contribution in [3.8, 4) is 5.75 Å². The van der Waals surface area contributed by atoms with Gasteiger partial charge in [0.05, 0.1) is 12.2 Å². The van der Waals surface area contributed by atoms with Crippen LogP contribution in [0.3, 0.4) is 0 Å². The van der Waals surface area contributed by atoms with Gasteiger partial charge in [0.2, 0.25) is 23.0 Å². The van der Waals surface area contributed by atoms with Crippen LogP contribution in [0.15, 0.2) is 30.3 Å². The molecular weight excluding hydrogens is 356 g/mol. The molecule has 0 saturated carbocycles. The van der Waals surface area contributed by atoms with Gasteiger partial charge in [0.1, 0.15) is 12.2 Å². The summed E-state index contributed by atoms with van der Waals surface area (Å²) >= 11 is 0. The molecule has 2 aromatic carbocycles. The first-order valence-corrected chi connectivity index (χ1v) is 8.29. The zero-order valence-electron chi connectivity index (χ0n) is 14.1. The number of esters is 1. The molecule has 0 bridgehead atoms. The summed E-state index contributed by atoms with van der Waals surface area (Å²) in [5.41, 5.74) is -5.32. The number of methoxy groups -OCH3 is 1. The van der Waals surface area contributed by atoms with Gasteiger partial charge in [-0.05, 0) is 11.5 Å². The van der Waals surface area contributed by atoms with Crippen LogP contribution in [0.5, 0.6) is 5.75 Å². The van der Waals surface area contributed by atoms with E-state index in [0.717, 1.165) is 0 Å². The first-order valence-electron chi connectivity index (χ1n) is 8.29. The minimum Gasteiger partial charge on any atom is -0.507 e. The van der Waals surface area contributed by atoms with Gasteiger partial charge in [0.25, 0.3) is 5.60 Å². The van der Waals surface area contributed by atoms with Crippen LogP contribution in [-0.2, 0) is 19.0 Å². The van der Waals surface area contributed by atoms with Gasteiger partial charge in [-0.15, -0.1) is 0 Å². The molecule has 27 heavy (non-hydrogen) atoms. The Balaban J connectivity index is 1.89. The highest BCUT2D eigenvalue weighted by molar-refractivity contribution is 6.27. The minimum atomic E-state index is -2.45. The van der Waals surface area contributed by atoms with Crippen molar-refractivity contribution in [2.75, 3.05) is 13.7 Å². The maximum Gasteiger partial charge on any atom is 0.312 e. The molecule has 3 aliphatic rings. The van der Waals surface area contributed by atoms with Crippen molar-refractivity contribution in [2.45, 2.75) is 23.4 Å². The first kappa shape index (κ1) is 16.4. The second-order valence-corrected chi connectivity index (χ2v) is 6.97. The molecule has 2 saturated heterocycles. The molecule has 1 spiro atoms. The number of carbonyl (C=O) groups is 3. The SMILES string of the molecule is CO[C@]12CC(=O)O[C@]13C(=O)c1c(cc4ccccc4c1O)C(=O)[C@]3(O)CO2. The second-order valence-electron chi connectivity index (χ2n) is 6.97. The zero-order valence-corrected chi connectivity index (χ0v) is 14.1. The lowest BCUT2D eigenvalue weighted by Crippen LogP contribution is -2.71. The Morgan fingerprint density at radius 3 is 2.63 bits per heavy atom. The van der Waals surface area contributed by atoms with Gasteiger partial charge in [0, 0.05) is 18.1 Å². The van der Waals surface area contributed by atoms with E-state index >= 15 is 0 Å². The molecule has 2 N–H and O–H groups in total. The van der Waals surface area contributed by atoms with Crippen molar-refractivity contribution in [1.82, 2.24) is 0 Å². The number of phenolic OH excluding ortho intramolecular Hbond substituents is 1. The lowest BCUT2D eigenvalue weighted by Gasteiger charge is -2.43. The molecule has 3 atom stereocenters. The monoisotopic (exact) mass is 370 g/mol. The molecule has 8 nitrogen and oxygen atoms in total. The van der Waals surface area contributed by atoms with E-state index in [1.807, 2.05) is 0 Å². The van der Waals surface area contributed by atoms with Crippen molar-refractivity contribution < 1.29 is 38.8 Å². The number of ether oxygens (including phenoxy) is 3. The van der Waals surface area contributed by atoms with E-state index in [0.29, 0.717) is 10.8 Å². The molecule has 1 aliphatic carbocycles. The maximum absolute atomic E-state index is 13.5. The molecule has 0 aromatic heterocycles. The fraction of sp³-hybridized carbons (Fsp3) is 0.316. The molecule has 8 heteroatoms. The number of fused-ring (bicyclic) bond motifs is 2. The van der Waals surface area contributed by atoms with Gasteiger partial charge in [-0.2, -0.15) is 0 Å². The first-order chi connectivity index (χ1) is 12.8. The average molecular weight is 370 g/mol. The van der Waals surface area contributed by atoms with Gasteiger partial charge in [-0.1, -0.05) is 24.3 Å². The van der Waals surface area contributed by atoms with Crippen molar-refractivity contribution in [1.29, 1.82) is 0 Å². The summed E-state index contributed by atoms with van der Waals surface area (Å²) in [6, 6.07) is 8.08. The van der Waals surface area contributed by atoms with Crippen molar-refractivity contribution in [3.63, 3.8) is 0 Å². The third-order valence-electron chi connectivity index (χ3n) is 5.80. The van der Waals surface area contributed by atoms with Crippen LogP contribution >= 0.6 is 0 Å². The quantitative estimate of drug-likeness (QED) is 0.705. The van der Waals surface area contributed by atoms with E-state index in [1.54, 1.807) is 24.3 Å². The van der Waals surface area contributed by atoms with Gasteiger partial charge in [-0.3, -0.25) is 14.4 Å². The van der Waals surface area contributed by atoms with Gasteiger partial charge in [0.15, 0.2) is 0 Å². The number of Topliss-reactive ketones (excluding diaryl/α,β-unsaturated/α-hetero) is 2. The number of aliphatic hydroxyl groups is 1. The summed E-state index contributed by atoms with van der Waals surface area (Å²) in [7, 11) is 1.20. The highest BCUT2D eigenvalue weighted by Crippen LogP contribution is 2.58. The molecule has 2 aliphatic heterocycles. The molecule has 0 radical (unpaired) electrons. The predicted molar refractivity (Wildman–Crippen MR) is 88.4 cm³/mol. The number of phenols is 1. The van der Waals surface area contributed by atoms with Gasteiger partial charge in [-0.25, -0.2) is 0 Å². The van der Waals surface area contributed by atoms with Gasteiger partial charge < -0.3 is 24.4 Å². The fourth-order valence-electron chi connectivity index (χ4n) is 4.52. The Kier molecular flexibility index (Phi) is 2.86. The topological polar surface area (TPSA) is 119 Å². The summed E-state index contributed by atoms with van der Waals surface area (Å²) in [4.78, 5) is 38.8. The van der Waals surface area contributed by atoms with Crippen LogP contribution in [0, 0.1) is 0 Å². The van der Waals surface area contributed by atoms with Crippen molar-refractivity contribution in [2.24, 2.45) is 0 Å². The summed E-state index contributed by atoms with van der Waals surface area (Å²) < 4.78 is 16.1. The van der Waals surface area contributed by atoms with Crippen LogP contribution < -0.4 is 0 Å². The van der Waals surface area contributed by atoms with Crippen LogP contribution in [0.1, 0.15) is 27.1 Å². The molecule has 2 heterocycles. The van der Waals surface area contributed by atoms with E-state index in [9.17, 15) is 24.6 Å². The lowest BCUT2D eigenvalue weighted by atomic mass is 9.65. The summed E-state index contributed by atoms with van der Waals surface area (Å²) in [6.45, 7) is -0.578. The standard InChI is InChI=1S/C19H14O8/c1-25-18-7-12(20)27-19(18)16(23)13-11(15(22)17(19,24)8-26-18)6-9-4-2-3-5-10(9)14(13)21/h2-6,21,24H,7-8H2,1H3/t17-,18+,19+/m1/s1. The fourth-order valence-corrected chi connectivity index (χ4v) is 4.52. The molecule has 5 rings (SSSR count). The highest BCUT2D eigenvalue weighted by Gasteiger charge is 2.84. The predicted octanol–water partition coefficient (Wildman–Crippen LogP) is 0.714. The Bertz CT molecular complexity index is 1070. The zero-order chi connectivity index (χ0) is 19.2. The van der Waals surface area contributed by atoms with E-state index in [4.69, 9.17) is 14.2 Å². The Morgan fingerprint density at radius 1 is 1.15 bits per heavy atom. The third kappa shape index (κ3) is 1.54. The Morgan fingerprint density at radius 2 is 1.89 bits per heavy atom. The third-order valence-corrected chi connectivity index (χ3v) is 5.80. The van der Waals surface area contributed by atoms with Crippen LogP contribution in [0.25, 0.3) is 10.8 Å². The molecule has 2 fully saturated rings. The molecule has 2 aromatic rings. The number of hydrogen-bond donors (Lipinski definition) is 2. The lowest BCUT2D eigenvalue weighted by molar-refractivity contribution is -0.231. The average Bonchev–Trinajstić information content (AvgIpc) is 3.10. The number of aromatic hydroxyl groups is 1. The summed E-state index contributed by atoms with van der Waals surface area (Å²) in [5, 5.41) is 22.8.